The number of anilines is 2. The van der Waals surface area contributed by atoms with Gasteiger partial charge in [0, 0.05) is 30.5 Å². The maximum absolute atomic E-state index is 12.5. The molecular formula is C19H20N4O. The van der Waals surface area contributed by atoms with E-state index in [1.807, 2.05) is 36.4 Å². The molecule has 0 aliphatic heterocycles. The molecule has 3 rings (SSSR count). The number of pyridine rings is 2. The van der Waals surface area contributed by atoms with Crippen LogP contribution in [0.5, 0.6) is 0 Å². The predicted octanol–water partition coefficient (Wildman–Crippen LogP) is 3.95. The molecule has 0 radical (unpaired) electrons. The van der Waals surface area contributed by atoms with Crippen molar-refractivity contribution in [2.75, 3.05) is 17.2 Å². The van der Waals surface area contributed by atoms with Crippen LogP contribution in [0.25, 0.3) is 10.9 Å². The number of carbonyl (C=O) groups excluding carboxylic acids is 1. The molecular weight excluding hydrogens is 300 g/mol. The molecule has 24 heavy (non-hydrogen) atoms. The molecule has 0 aliphatic rings. The van der Waals surface area contributed by atoms with Gasteiger partial charge in [0.05, 0.1) is 22.5 Å². The molecule has 0 bridgehead atoms. The van der Waals surface area contributed by atoms with Crippen molar-refractivity contribution in [2.24, 2.45) is 5.92 Å². The summed E-state index contributed by atoms with van der Waals surface area (Å²) in [6.07, 6.45) is 5.00. The molecule has 0 atom stereocenters. The van der Waals surface area contributed by atoms with Gasteiger partial charge in [-0.15, -0.1) is 0 Å². The Bertz CT molecular complexity index is 855. The summed E-state index contributed by atoms with van der Waals surface area (Å²) in [6, 6.07) is 11.4. The lowest BCUT2D eigenvalue weighted by Crippen LogP contribution is -2.14. The van der Waals surface area contributed by atoms with Gasteiger partial charge in [-0.2, -0.15) is 0 Å². The molecule has 2 heterocycles. The van der Waals surface area contributed by atoms with Gasteiger partial charge in [0.15, 0.2) is 0 Å². The van der Waals surface area contributed by atoms with Gasteiger partial charge in [-0.3, -0.25) is 14.8 Å². The van der Waals surface area contributed by atoms with Crippen LogP contribution in [-0.4, -0.2) is 22.4 Å². The number of fused-ring (bicyclic) bond motifs is 1. The molecule has 0 unspecified atom stereocenters. The number of hydrogen-bond acceptors (Lipinski definition) is 4. The second-order valence-corrected chi connectivity index (χ2v) is 6.07. The molecule has 5 nitrogen and oxygen atoms in total. The summed E-state index contributed by atoms with van der Waals surface area (Å²) in [5.41, 5.74) is 2.82. The highest BCUT2D eigenvalue weighted by atomic mass is 16.1. The van der Waals surface area contributed by atoms with Crippen LogP contribution in [0.15, 0.2) is 55.0 Å². The van der Waals surface area contributed by atoms with E-state index in [0.29, 0.717) is 17.2 Å². The highest BCUT2D eigenvalue weighted by molar-refractivity contribution is 6.08. The van der Waals surface area contributed by atoms with E-state index in [0.717, 1.165) is 23.1 Å². The largest absolute Gasteiger partial charge is 0.384 e. The van der Waals surface area contributed by atoms with Crippen LogP contribution in [0.1, 0.15) is 24.2 Å². The van der Waals surface area contributed by atoms with Crippen LogP contribution in [0.2, 0.25) is 0 Å². The first-order chi connectivity index (χ1) is 11.6. The van der Waals surface area contributed by atoms with Crippen LogP contribution in [0.4, 0.5) is 11.4 Å². The minimum absolute atomic E-state index is 0.200. The smallest absolute Gasteiger partial charge is 0.257 e. The Morgan fingerprint density at radius 1 is 1.17 bits per heavy atom. The fourth-order valence-electron chi connectivity index (χ4n) is 2.38. The predicted molar refractivity (Wildman–Crippen MR) is 97.3 cm³/mol. The second-order valence-electron chi connectivity index (χ2n) is 6.07. The topological polar surface area (TPSA) is 66.9 Å². The fourth-order valence-corrected chi connectivity index (χ4v) is 2.38. The van der Waals surface area contributed by atoms with Gasteiger partial charge in [0.2, 0.25) is 0 Å². The van der Waals surface area contributed by atoms with Gasteiger partial charge >= 0.3 is 0 Å². The Morgan fingerprint density at radius 3 is 2.83 bits per heavy atom. The molecule has 0 spiro atoms. The quantitative estimate of drug-likeness (QED) is 0.747. The number of benzene rings is 1. The third-order valence-corrected chi connectivity index (χ3v) is 3.60. The van der Waals surface area contributed by atoms with Gasteiger partial charge in [-0.1, -0.05) is 32.0 Å². The van der Waals surface area contributed by atoms with E-state index in [2.05, 4.69) is 34.4 Å². The summed E-state index contributed by atoms with van der Waals surface area (Å²) in [5.74, 6) is 0.318. The van der Waals surface area contributed by atoms with Gasteiger partial charge in [-0.25, -0.2) is 0 Å². The highest BCUT2D eigenvalue weighted by Crippen LogP contribution is 2.21. The number of rotatable bonds is 5. The standard InChI is InChI=1S/C19H20N4O/c1-13(2)10-22-16-9-15(11-20-12-16)19(24)23-17-7-3-5-14-6-4-8-21-18(14)17/h3-9,11-13,22H,10H2,1-2H3,(H,23,24). The molecule has 0 fully saturated rings. The SMILES string of the molecule is CC(C)CNc1cncc(C(=O)Nc2cccc3cccnc23)c1. The second kappa shape index (κ2) is 7.08. The summed E-state index contributed by atoms with van der Waals surface area (Å²) >= 11 is 0. The number of nitrogens with one attached hydrogen (secondary N) is 2. The summed E-state index contributed by atoms with van der Waals surface area (Å²) < 4.78 is 0. The van der Waals surface area contributed by atoms with Crippen LogP contribution in [0, 0.1) is 5.92 Å². The molecule has 0 aliphatic carbocycles. The van der Waals surface area contributed by atoms with Gasteiger partial charge in [0.1, 0.15) is 0 Å². The molecule has 0 saturated heterocycles. The van der Waals surface area contributed by atoms with Crippen LogP contribution < -0.4 is 10.6 Å². The maximum atomic E-state index is 12.5. The molecule has 122 valence electrons. The van der Waals surface area contributed by atoms with E-state index >= 15 is 0 Å². The van der Waals surface area contributed by atoms with Gasteiger partial charge in [-0.05, 0) is 24.1 Å². The third-order valence-electron chi connectivity index (χ3n) is 3.60. The third kappa shape index (κ3) is 3.68. The number of nitrogens with zero attached hydrogens (tertiary/aromatic N) is 2. The van der Waals surface area contributed by atoms with Crippen molar-refractivity contribution in [3.05, 3.63) is 60.6 Å². The summed E-state index contributed by atoms with van der Waals surface area (Å²) in [5, 5.41) is 7.19. The molecule has 1 amide bonds. The lowest BCUT2D eigenvalue weighted by atomic mass is 10.1. The number of carbonyl (C=O) groups is 1. The summed E-state index contributed by atoms with van der Waals surface area (Å²) in [6.45, 7) is 5.09. The minimum Gasteiger partial charge on any atom is -0.384 e. The average Bonchev–Trinajstić information content (AvgIpc) is 2.60. The Labute approximate surface area is 141 Å². The lowest BCUT2D eigenvalue weighted by molar-refractivity contribution is 0.102. The highest BCUT2D eigenvalue weighted by Gasteiger charge is 2.10. The van der Waals surface area contributed by atoms with Gasteiger partial charge < -0.3 is 10.6 Å². The van der Waals surface area contributed by atoms with E-state index in [-0.39, 0.29) is 5.91 Å². The number of amides is 1. The van der Waals surface area contributed by atoms with Crippen molar-refractivity contribution in [3.8, 4) is 0 Å². The Kier molecular flexibility index (Phi) is 4.70. The molecule has 1 aromatic carbocycles. The van der Waals surface area contributed by atoms with Crippen molar-refractivity contribution in [1.82, 2.24) is 9.97 Å². The summed E-state index contributed by atoms with van der Waals surface area (Å²) in [7, 11) is 0. The fraction of sp³-hybridized carbons (Fsp3) is 0.211. The van der Waals surface area contributed by atoms with Crippen molar-refractivity contribution in [1.29, 1.82) is 0 Å². The Morgan fingerprint density at radius 2 is 2.00 bits per heavy atom. The normalized spacial score (nSPS) is 10.8. The van der Waals surface area contributed by atoms with Crippen LogP contribution in [0.3, 0.4) is 0 Å². The molecule has 3 aromatic rings. The first-order valence-electron chi connectivity index (χ1n) is 7.97. The Balaban J connectivity index is 1.80. The summed E-state index contributed by atoms with van der Waals surface area (Å²) in [4.78, 5) is 21.0. The molecule has 2 aromatic heterocycles. The van der Waals surface area contributed by atoms with Crippen molar-refractivity contribution in [2.45, 2.75) is 13.8 Å². The zero-order valence-corrected chi connectivity index (χ0v) is 13.8. The number of hydrogen-bond donors (Lipinski definition) is 2. The zero-order valence-electron chi connectivity index (χ0n) is 13.8. The molecule has 2 N–H and O–H groups in total. The molecule has 5 heteroatoms. The average molecular weight is 320 g/mol. The van der Waals surface area contributed by atoms with E-state index in [1.54, 1.807) is 18.6 Å². The number of aromatic nitrogens is 2. The first kappa shape index (κ1) is 15.9. The van der Waals surface area contributed by atoms with Crippen LogP contribution >= 0.6 is 0 Å². The van der Waals surface area contributed by atoms with E-state index in [9.17, 15) is 4.79 Å². The monoisotopic (exact) mass is 320 g/mol. The van der Waals surface area contributed by atoms with E-state index in [1.165, 1.54) is 0 Å². The molecule has 0 saturated carbocycles. The lowest BCUT2D eigenvalue weighted by Gasteiger charge is -2.11. The Hall–Kier alpha value is -2.95. The van der Waals surface area contributed by atoms with Crippen LogP contribution in [-0.2, 0) is 0 Å². The minimum atomic E-state index is -0.200. The van der Waals surface area contributed by atoms with E-state index in [4.69, 9.17) is 0 Å². The zero-order chi connectivity index (χ0) is 16.9. The first-order valence-corrected chi connectivity index (χ1v) is 7.97. The van der Waals surface area contributed by atoms with Crippen molar-refractivity contribution < 1.29 is 4.79 Å². The van der Waals surface area contributed by atoms with E-state index < -0.39 is 0 Å². The van der Waals surface area contributed by atoms with Crippen molar-refractivity contribution >= 4 is 28.2 Å². The van der Waals surface area contributed by atoms with Gasteiger partial charge in [0.25, 0.3) is 5.91 Å². The maximum Gasteiger partial charge on any atom is 0.257 e. The van der Waals surface area contributed by atoms with Crippen molar-refractivity contribution in [3.63, 3.8) is 0 Å². The number of para-hydroxylation sites is 1.